The molecule has 1 aliphatic rings. The van der Waals surface area contributed by atoms with Crippen molar-refractivity contribution < 1.29 is 32.5 Å². The van der Waals surface area contributed by atoms with Crippen LogP contribution in [0.1, 0.15) is 12.0 Å². The molecular weight excluding hydrogens is 401 g/mol. The molecule has 2 aromatic carbocycles. The Kier molecular flexibility index (Phi) is 8.94. The molecule has 0 radical (unpaired) electrons. The summed E-state index contributed by atoms with van der Waals surface area (Å²) in [6.07, 6.45) is -2.90. The van der Waals surface area contributed by atoms with Gasteiger partial charge in [0.25, 0.3) is 0 Å². The summed E-state index contributed by atoms with van der Waals surface area (Å²) >= 11 is 0. The highest BCUT2D eigenvalue weighted by Crippen LogP contribution is 2.24. The van der Waals surface area contributed by atoms with Crippen LogP contribution in [0.2, 0.25) is 0 Å². The number of likely N-dealkylation sites (N-methyl/N-ethyl adjacent to an activating group) is 1. The number of aldehydes is 1. The van der Waals surface area contributed by atoms with Crippen molar-refractivity contribution in [3.05, 3.63) is 54.1 Å². The summed E-state index contributed by atoms with van der Waals surface area (Å²) in [6.45, 7) is 2.07. The van der Waals surface area contributed by atoms with E-state index in [0.29, 0.717) is 18.1 Å². The van der Waals surface area contributed by atoms with Gasteiger partial charge >= 0.3 is 6.36 Å². The molecule has 164 valence electrons. The van der Waals surface area contributed by atoms with Gasteiger partial charge in [0.2, 0.25) is 0 Å². The average Bonchev–Trinajstić information content (AvgIpc) is 3.12. The normalized spacial score (nSPS) is 16.4. The zero-order valence-electron chi connectivity index (χ0n) is 16.6. The minimum atomic E-state index is -4.64. The van der Waals surface area contributed by atoms with Gasteiger partial charge in [-0.1, -0.05) is 12.1 Å². The lowest BCUT2D eigenvalue weighted by Crippen LogP contribution is -2.23. The number of carbonyl (C=O) groups excluding carboxylic acids is 1. The first-order valence-electron chi connectivity index (χ1n) is 9.36. The van der Waals surface area contributed by atoms with E-state index in [1.807, 2.05) is 7.05 Å². The standard InChI is InChI=1S/C12H15F3N2O.C9H10O3/c1-17-7-6-10(8-17)16-9-2-4-11(5-3-9)18-12(13,14)15;10-5-6-12-9-3-1-8(7-11)2-4-9/h2-5,10,16H,6-8H2,1H3;1-5,11H,6-7H2. The lowest BCUT2D eigenvalue weighted by molar-refractivity contribution is -0.274. The number of hydrogen-bond acceptors (Lipinski definition) is 6. The maximum atomic E-state index is 12.0. The molecule has 1 saturated heterocycles. The SMILES string of the molecule is CN1CCC(Nc2ccc(OC(F)(F)F)cc2)C1.O=CCOc1ccc(CO)cc1. The first kappa shape index (κ1) is 23.5. The van der Waals surface area contributed by atoms with Crippen molar-refractivity contribution >= 4 is 12.0 Å². The number of rotatable bonds is 7. The molecule has 1 atom stereocenters. The van der Waals surface area contributed by atoms with Crippen molar-refractivity contribution in [2.24, 2.45) is 0 Å². The summed E-state index contributed by atoms with van der Waals surface area (Å²) < 4.78 is 44.7. The number of anilines is 1. The first-order chi connectivity index (χ1) is 14.3. The molecule has 1 aliphatic heterocycles. The van der Waals surface area contributed by atoms with Crippen LogP contribution in [0.25, 0.3) is 0 Å². The van der Waals surface area contributed by atoms with Crippen molar-refractivity contribution in [2.75, 3.05) is 32.1 Å². The van der Waals surface area contributed by atoms with Gasteiger partial charge in [-0.2, -0.15) is 0 Å². The molecule has 9 heteroatoms. The van der Waals surface area contributed by atoms with Gasteiger partial charge in [-0.3, -0.25) is 4.79 Å². The first-order valence-corrected chi connectivity index (χ1v) is 9.36. The molecule has 1 heterocycles. The number of nitrogens with zero attached hydrogens (tertiary/aromatic N) is 1. The molecule has 6 nitrogen and oxygen atoms in total. The molecule has 30 heavy (non-hydrogen) atoms. The summed E-state index contributed by atoms with van der Waals surface area (Å²) in [5, 5.41) is 12.0. The van der Waals surface area contributed by atoms with Crippen molar-refractivity contribution in [2.45, 2.75) is 25.4 Å². The second-order valence-electron chi connectivity index (χ2n) is 6.74. The van der Waals surface area contributed by atoms with E-state index in [4.69, 9.17) is 9.84 Å². The topological polar surface area (TPSA) is 71.0 Å². The number of hydrogen-bond donors (Lipinski definition) is 2. The monoisotopic (exact) mass is 426 g/mol. The van der Waals surface area contributed by atoms with E-state index in [9.17, 15) is 18.0 Å². The van der Waals surface area contributed by atoms with E-state index in [0.717, 1.165) is 30.8 Å². The Morgan fingerprint density at radius 1 is 1.13 bits per heavy atom. The van der Waals surface area contributed by atoms with Gasteiger partial charge < -0.3 is 24.8 Å². The van der Waals surface area contributed by atoms with E-state index in [1.165, 1.54) is 12.1 Å². The van der Waals surface area contributed by atoms with Crippen LogP contribution in [0.4, 0.5) is 18.9 Å². The zero-order valence-corrected chi connectivity index (χ0v) is 16.6. The van der Waals surface area contributed by atoms with Gasteiger partial charge in [0.15, 0.2) is 6.29 Å². The Morgan fingerprint density at radius 3 is 2.27 bits per heavy atom. The summed E-state index contributed by atoms with van der Waals surface area (Å²) in [6, 6.07) is 13.1. The Hall–Kier alpha value is -2.78. The Balaban J connectivity index is 0.000000232. The van der Waals surface area contributed by atoms with Crippen LogP contribution in [0, 0.1) is 0 Å². The molecule has 0 spiro atoms. The van der Waals surface area contributed by atoms with E-state index < -0.39 is 6.36 Å². The lowest BCUT2D eigenvalue weighted by Gasteiger charge is -2.15. The summed E-state index contributed by atoms with van der Waals surface area (Å²) in [5.41, 5.74) is 1.64. The molecular formula is C21H25F3N2O4. The van der Waals surface area contributed by atoms with Crippen LogP contribution >= 0.6 is 0 Å². The molecule has 0 amide bonds. The van der Waals surface area contributed by atoms with Gasteiger partial charge in [-0.05, 0) is 62.0 Å². The number of likely N-dealkylation sites (tertiary alicyclic amines) is 1. The maximum absolute atomic E-state index is 12.0. The van der Waals surface area contributed by atoms with Crippen LogP contribution < -0.4 is 14.8 Å². The largest absolute Gasteiger partial charge is 0.573 e. The van der Waals surface area contributed by atoms with E-state index in [2.05, 4.69) is 15.0 Å². The zero-order chi connectivity index (χ0) is 22.0. The maximum Gasteiger partial charge on any atom is 0.573 e. The molecule has 1 fully saturated rings. The quantitative estimate of drug-likeness (QED) is 0.661. The molecule has 0 saturated carbocycles. The summed E-state index contributed by atoms with van der Waals surface area (Å²) in [5.74, 6) is 0.441. The average molecular weight is 426 g/mol. The van der Waals surface area contributed by atoms with Gasteiger partial charge in [-0.15, -0.1) is 13.2 Å². The molecule has 0 aromatic heterocycles. The fourth-order valence-electron chi connectivity index (χ4n) is 2.86. The number of ether oxygens (including phenoxy) is 2. The number of alkyl halides is 3. The highest BCUT2D eigenvalue weighted by atomic mass is 19.4. The van der Waals surface area contributed by atoms with Crippen molar-refractivity contribution in [3.63, 3.8) is 0 Å². The third-order valence-corrected chi connectivity index (χ3v) is 4.27. The van der Waals surface area contributed by atoms with Gasteiger partial charge in [0.05, 0.1) is 6.61 Å². The minimum absolute atomic E-state index is 0.0218. The van der Waals surface area contributed by atoms with Gasteiger partial charge in [0, 0.05) is 18.3 Å². The predicted molar refractivity (Wildman–Crippen MR) is 107 cm³/mol. The number of carbonyl (C=O) groups is 1. The third kappa shape index (κ3) is 8.71. The Morgan fingerprint density at radius 2 is 1.77 bits per heavy atom. The molecule has 2 N–H and O–H groups in total. The van der Waals surface area contributed by atoms with Crippen molar-refractivity contribution in [3.8, 4) is 11.5 Å². The lowest BCUT2D eigenvalue weighted by atomic mass is 10.2. The third-order valence-electron chi connectivity index (χ3n) is 4.27. The number of halogens is 3. The van der Waals surface area contributed by atoms with Crippen molar-refractivity contribution in [1.82, 2.24) is 4.90 Å². The van der Waals surface area contributed by atoms with Crippen molar-refractivity contribution in [1.29, 1.82) is 0 Å². The fraction of sp³-hybridized carbons (Fsp3) is 0.381. The second-order valence-corrected chi connectivity index (χ2v) is 6.74. The smallest absolute Gasteiger partial charge is 0.486 e. The summed E-state index contributed by atoms with van der Waals surface area (Å²) in [7, 11) is 2.04. The van der Waals surface area contributed by atoms with Gasteiger partial charge in [0.1, 0.15) is 18.1 Å². The number of aliphatic hydroxyl groups excluding tert-OH is 1. The predicted octanol–water partition coefficient (Wildman–Crippen LogP) is 3.46. The van der Waals surface area contributed by atoms with E-state index in [1.54, 1.807) is 36.4 Å². The van der Waals surface area contributed by atoms with Gasteiger partial charge in [-0.25, -0.2) is 0 Å². The highest BCUT2D eigenvalue weighted by Gasteiger charge is 2.31. The van der Waals surface area contributed by atoms with Crippen LogP contribution in [-0.4, -0.2) is 55.4 Å². The van der Waals surface area contributed by atoms with Crippen LogP contribution in [0.15, 0.2) is 48.5 Å². The minimum Gasteiger partial charge on any atom is -0.486 e. The molecule has 2 aromatic rings. The van der Waals surface area contributed by atoms with E-state index in [-0.39, 0.29) is 19.0 Å². The van der Waals surface area contributed by atoms with Crippen LogP contribution in [0.5, 0.6) is 11.5 Å². The van der Waals surface area contributed by atoms with E-state index >= 15 is 0 Å². The molecule has 1 unspecified atom stereocenters. The molecule has 3 rings (SSSR count). The van der Waals surface area contributed by atoms with Crippen LogP contribution in [0.3, 0.4) is 0 Å². The Bertz CT molecular complexity index is 767. The second kappa shape index (κ2) is 11.4. The Labute approximate surface area is 173 Å². The fourth-order valence-corrected chi connectivity index (χ4v) is 2.86. The molecule has 0 aliphatic carbocycles. The number of benzene rings is 2. The number of aliphatic hydroxyl groups is 1. The highest BCUT2D eigenvalue weighted by molar-refractivity contribution is 5.51. The number of nitrogens with one attached hydrogen (secondary N) is 1. The van der Waals surface area contributed by atoms with Crippen LogP contribution in [-0.2, 0) is 11.4 Å². The summed E-state index contributed by atoms with van der Waals surface area (Å²) in [4.78, 5) is 12.1. The molecule has 0 bridgehead atoms.